The summed E-state index contributed by atoms with van der Waals surface area (Å²) in [4.78, 5) is 2.10. The van der Waals surface area contributed by atoms with Crippen LogP contribution in [-0.4, -0.2) is 29.6 Å². The summed E-state index contributed by atoms with van der Waals surface area (Å²) >= 11 is 0. The van der Waals surface area contributed by atoms with Crippen molar-refractivity contribution >= 4 is 11.0 Å². The topological polar surface area (TPSA) is 36.6 Å². The molecule has 0 bridgehead atoms. The highest BCUT2D eigenvalue weighted by atomic mass is 19.1. The van der Waals surface area contributed by atoms with E-state index in [1.807, 2.05) is 14.1 Å². The first-order chi connectivity index (χ1) is 10.0. The van der Waals surface area contributed by atoms with E-state index in [1.54, 1.807) is 18.2 Å². The Labute approximate surface area is 124 Å². The normalized spacial score (nSPS) is 20.0. The zero-order valence-corrected chi connectivity index (χ0v) is 12.6. The van der Waals surface area contributed by atoms with E-state index in [9.17, 15) is 9.50 Å². The van der Waals surface area contributed by atoms with Gasteiger partial charge in [-0.15, -0.1) is 0 Å². The summed E-state index contributed by atoms with van der Waals surface area (Å²) in [5.41, 5.74) is -0.0842. The summed E-state index contributed by atoms with van der Waals surface area (Å²) in [5.74, 6) is 0.0826. The molecule has 114 valence electrons. The lowest BCUT2D eigenvalue weighted by atomic mass is 9.76. The van der Waals surface area contributed by atoms with Crippen molar-refractivity contribution in [1.82, 2.24) is 4.90 Å². The zero-order chi connectivity index (χ0) is 15.0. The van der Waals surface area contributed by atoms with Crippen LogP contribution in [0.3, 0.4) is 0 Å². The number of likely N-dealkylation sites (N-methyl/N-ethyl adjacent to an activating group) is 1. The Morgan fingerprint density at radius 3 is 2.57 bits per heavy atom. The first-order valence-corrected chi connectivity index (χ1v) is 7.58. The van der Waals surface area contributed by atoms with Gasteiger partial charge in [0.05, 0.1) is 5.54 Å². The van der Waals surface area contributed by atoms with Crippen molar-refractivity contribution < 1.29 is 13.9 Å². The minimum Gasteiger partial charge on any atom is -0.455 e. The number of benzene rings is 1. The minimum atomic E-state index is -0.736. The first-order valence-electron chi connectivity index (χ1n) is 7.58. The molecule has 0 aliphatic heterocycles. The van der Waals surface area contributed by atoms with Gasteiger partial charge >= 0.3 is 0 Å². The molecule has 1 aromatic heterocycles. The Kier molecular flexibility index (Phi) is 3.76. The number of furan rings is 1. The lowest BCUT2D eigenvalue weighted by Crippen LogP contribution is -2.50. The van der Waals surface area contributed by atoms with E-state index in [-0.39, 0.29) is 16.9 Å². The number of hydrogen-bond acceptors (Lipinski definition) is 3. The number of para-hydroxylation sites is 1. The number of hydrogen-bond donors (Lipinski definition) is 1. The molecule has 1 N–H and O–H groups in total. The molecule has 1 aliphatic carbocycles. The van der Waals surface area contributed by atoms with Crippen LogP contribution >= 0.6 is 0 Å². The lowest BCUT2D eigenvalue weighted by molar-refractivity contribution is -0.0433. The van der Waals surface area contributed by atoms with Gasteiger partial charge in [0, 0.05) is 5.39 Å². The van der Waals surface area contributed by atoms with Crippen molar-refractivity contribution in [2.24, 2.45) is 0 Å². The van der Waals surface area contributed by atoms with Crippen LogP contribution in [-0.2, 0) is 0 Å². The van der Waals surface area contributed by atoms with E-state index in [0.29, 0.717) is 11.1 Å². The van der Waals surface area contributed by atoms with Crippen LogP contribution in [0.2, 0.25) is 0 Å². The van der Waals surface area contributed by atoms with Gasteiger partial charge in [-0.25, -0.2) is 4.39 Å². The Bertz CT molecular complexity index is 629. The van der Waals surface area contributed by atoms with Gasteiger partial charge in [0.2, 0.25) is 0 Å². The molecule has 0 saturated heterocycles. The number of halogens is 1. The van der Waals surface area contributed by atoms with Gasteiger partial charge in [0.25, 0.3) is 0 Å². The van der Waals surface area contributed by atoms with Crippen LogP contribution in [0.25, 0.3) is 11.0 Å². The average Bonchev–Trinajstić information content (AvgIpc) is 2.92. The molecule has 1 fully saturated rings. The molecule has 0 spiro atoms. The third kappa shape index (κ3) is 2.36. The van der Waals surface area contributed by atoms with E-state index < -0.39 is 6.10 Å². The van der Waals surface area contributed by atoms with Gasteiger partial charge in [0.15, 0.2) is 11.4 Å². The molecular formula is C17H22FNO2. The molecule has 1 aliphatic rings. The molecule has 1 heterocycles. The van der Waals surface area contributed by atoms with Crippen molar-refractivity contribution in [2.45, 2.75) is 43.7 Å². The van der Waals surface area contributed by atoms with Gasteiger partial charge < -0.3 is 14.4 Å². The average molecular weight is 291 g/mol. The third-order valence-corrected chi connectivity index (χ3v) is 4.90. The summed E-state index contributed by atoms with van der Waals surface area (Å²) in [7, 11) is 4.00. The monoisotopic (exact) mass is 291 g/mol. The first kappa shape index (κ1) is 14.5. The number of aliphatic hydroxyl groups is 1. The molecule has 3 nitrogen and oxygen atoms in total. The third-order valence-electron chi connectivity index (χ3n) is 4.90. The standard InChI is InChI=1S/C17H22FNO2/c1-19(2)17(9-4-3-5-10-17)16(20)14-11-12-7-6-8-13(18)15(12)21-14/h6-8,11,16,20H,3-5,9-10H2,1-2H3. The summed E-state index contributed by atoms with van der Waals surface area (Å²) in [5, 5.41) is 11.6. The Morgan fingerprint density at radius 1 is 1.24 bits per heavy atom. The van der Waals surface area contributed by atoms with Crippen molar-refractivity contribution in [3.05, 3.63) is 35.8 Å². The van der Waals surface area contributed by atoms with Crippen LogP contribution < -0.4 is 0 Å². The van der Waals surface area contributed by atoms with Gasteiger partial charge in [-0.3, -0.25) is 0 Å². The van der Waals surface area contributed by atoms with Crippen molar-refractivity contribution in [3.63, 3.8) is 0 Å². The maximum absolute atomic E-state index is 13.8. The van der Waals surface area contributed by atoms with Gasteiger partial charge in [0.1, 0.15) is 11.9 Å². The maximum Gasteiger partial charge on any atom is 0.170 e. The highest BCUT2D eigenvalue weighted by Crippen LogP contribution is 2.43. The van der Waals surface area contributed by atoms with Crippen molar-refractivity contribution in [2.75, 3.05) is 14.1 Å². The molecular weight excluding hydrogens is 269 g/mol. The number of nitrogens with zero attached hydrogens (tertiary/aromatic N) is 1. The number of aliphatic hydroxyl groups excluding tert-OH is 1. The summed E-state index contributed by atoms with van der Waals surface area (Å²) in [6.45, 7) is 0. The fourth-order valence-electron chi connectivity index (χ4n) is 3.58. The summed E-state index contributed by atoms with van der Waals surface area (Å²) in [6.07, 6.45) is 4.53. The molecule has 1 aromatic carbocycles. The molecule has 4 heteroatoms. The van der Waals surface area contributed by atoms with Gasteiger partial charge in [-0.05, 0) is 39.1 Å². The largest absolute Gasteiger partial charge is 0.455 e. The maximum atomic E-state index is 13.8. The lowest BCUT2D eigenvalue weighted by Gasteiger charge is -2.45. The molecule has 1 atom stereocenters. The van der Waals surface area contributed by atoms with Crippen LogP contribution in [0.5, 0.6) is 0 Å². The van der Waals surface area contributed by atoms with E-state index in [2.05, 4.69) is 4.90 Å². The Morgan fingerprint density at radius 2 is 1.95 bits per heavy atom. The van der Waals surface area contributed by atoms with Crippen LogP contribution in [0.15, 0.2) is 28.7 Å². The second-order valence-electron chi connectivity index (χ2n) is 6.27. The van der Waals surface area contributed by atoms with Crippen molar-refractivity contribution in [3.8, 4) is 0 Å². The van der Waals surface area contributed by atoms with Crippen LogP contribution in [0.1, 0.15) is 44.0 Å². The number of rotatable bonds is 3. The molecule has 0 radical (unpaired) electrons. The molecule has 2 aromatic rings. The van der Waals surface area contributed by atoms with E-state index in [0.717, 1.165) is 25.7 Å². The second kappa shape index (κ2) is 5.43. The quantitative estimate of drug-likeness (QED) is 0.932. The second-order valence-corrected chi connectivity index (χ2v) is 6.27. The highest BCUT2D eigenvalue weighted by molar-refractivity contribution is 5.78. The minimum absolute atomic E-state index is 0.233. The van der Waals surface area contributed by atoms with E-state index >= 15 is 0 Å². The van der Waals surface area contributed by atoms with E-state index in [4.69, 9.17) is 4.42 Å². The summed E-state index contributed by atoms with van der Waals surface area (Å²) < 4.78 is 19.4. The van der Waals surface area contributed by atoms with Crippen LogP contribution in [0.4, 0.5) is 4.39 Å². The SMILES string of the molecule is CN(C)C1(C(O)c2cc3cccc(F)c3o2)CCCCC1. The molecule has 1 unspecified atom stereocenters. The molecule has 3 rings (SSSR count). The number of fused-ring (bicyclic) bond motifs is 1. The van der Waals surface area contributed by atoms with Gasteiger partial charge in [-0.1, -0.05) is 31.4 Å². The Balaban J connectivity index is 2.01. The fourth-order valence-corrected chi connectivity index (χ4v) is 3.58. The predicted octanol–water partition coefficient (Wildman–Crippen LogP) is 3.87. The van der Waals surface area contributed by atoms with Gasteiger partial charge in [-0.2, -0.15) is 0 Å². The zero-order valence-electron chi connectivity index (χ0n) is 12.6. The Hall–Kier alpha value is -1.39. The highest BCUT2D eigenvalue weighted by Gasteiger charge is 2.43. The fraction of sp³-hybridized carbons (Fsp3) is 0.529. The van der Waals surface area contributed by atoms with Crippen molar-refractivity contribution in [1.29, 1.82) is 0 Å². The van der Waals surface area contributed by atoms with Crippen LogP contribution in [0, 0.1) is 5.82 Å². The molecule has 1 saturated carbocycles. The predicted molar refractivity (Wildman–Crippen MR) is 80.6 cm³/mol. The van der Waals surface area contributed by atoms with E-state index in [1.165, 1.54) is 12.5 Å². The molecule has 21 heavy (non-hydrogen) atoms. The summed E-state index contributed by atoms with van der Waals surface area (Å²) in [6, 6.07) is 6.61. The smallest absolute Gasteiger partial charge is 0.170 e. The molecule has 0 amide bonds.